The molecule has 0 aromatic heterocycles. The fourth-order valence-corrected chi connectivity index (χ4v) is 4.30. The van der Waals surface area contributed by atoms with Crippen molar-refractivity contribution in [2.45, 2.75) is 25.4 Å². The van der Waals surface area contributed by atoms with Gasteiger partial charge in [-0.3, -0.25) is 14.5 Å². The number of nitrogens with one attached hydrogen (secondary N) is 1. The maximum Gasteiger partial charge on any atom is 0.259 e. The number of nitrogens with zero attached hydrogens (tertiary/aromatic N) is 1. The van der Waals surface area contributed by atoms with Gasteiger partial charge in [-0.05, 0) is 36.2 Å². The van der Waals surface area contributed by atoms with Gasteiger partial charge in [-0.15, -0.1) is 0 Å². The highest BCUT2D eigenvalue weighted by molar-refractivity contribution is 6.14. The summed E-state index contributed by atoms with van der Waals surface area (Å²) in [6, 6.07) is 20.1. The van der Waals surface area contributed by atoms with Crippen molar-refractivity contribution in [3.8, 4) is 17.2 Å². The van der Waals surface area contributed by atoms with Crippen LogP contribution in [0.4, 0.5) is 5.69 Å². The highest BCUT2D eigenvalue weighted by atomic mass is 16.5. The Morgan fingerprint density at radius 1 is 0.912 bits per heavy atom. The summed E-state index contributed by atoms with van der Waals surface area (Å²) in [5, 5.41) is 3.02. The average molecular weight is 461 g/mol. The monoisotopic (exact) mass is 460 g/mol. The standard InChI is InChI=1S/C27H28N2O5/c1-27(26(31)28-17-18-9-11-21(32-2)12-10-18)16-19-7-5-6-8-24(19)25(30)29(27)20-13-22(33-3)15-23(14-20)34-4/h5-15H,16-17H2,1-4H3,(H,28,31)/t27-/m0/s1. The number of anilines is 1. The molecule has 0 spiro atoms. The fraction of sp³-hybridized carbons (Fsp3) is 0.259. The van der Waals surface area contributed by atoms with Crippen molar-refractivity contribution in [3.63, 3.8) is 0 Å². The largest absolute Gasteiger partial charge is 0.497 e. The van der Waals surface area contributed by atoms with E-state index in [1.165, 1.54) is 0 Å². The van der Waals surface area contributed by atoms with E-state index in [4.69, 9.17) is 14.2 Å². The van der Waals surface area contributed by atoms with Gasteiger partial charge in [-0.25, -0.2) is 0 Å². The van der Waals surface area contributed by atoms with Gasteiger partial charge in [0.15, 0.2) is 0 Å². The Kier molecular flexibility index (Phi) is 6.45. The molecule has 176 valence electrons. The van der Waals surface area contributed by atoms with Gasteiger partial charge in [0.05, 0.1) is 27.0 Å². The topological polar surface area (TPSA) is 77.1 Å². The Hall–Kier alpha value is -4.00. The zero-order valence-electron chi connectivity index (χ0n) is 19.8. The predicted molar refractivity (Wildman–Crippen MR) is 130 cm³/mol. The molecule has 1 atom stereocenters. The SMILES string of the molecule is COc1ccc(CNC(=O)[C@]2(C)Cc3ccccc3C(=O)N2c2cc(OC)cc(OC)c2)cc1. The molecular weight excluding hydrogens is 432 g/mol. The van der Waals surface area contributed by atoms with E-state index in [9.17, 15) is 9.59 Å². The molecule has 1 aliphatic heterocycles. The maximum atomic E-state index is 13.7. The van der Waals surface area contributed by atoms with Gasteiger partial charge in [0.1, 0.15) is 22.8 Å². The average Bonchev–Trinajstić information content (AvgIpc) is 2.87. The van der Waals surface area contributed by atoms with Crippen LogP contribution in [0, 0.1) is 0 Å². The smallest absolute Gasteiger partial charge is 0.259 e. The van der Waals surface area contributed by atoms with Crippen LogP contribution in [0.2, 0.25) is 0 Å². The molecule has 0 aliphatic carbocycles. The molecule has 0 bridgehead atoms. The van der Waals surface area contributed by atoms with Crippen molar-refractivity contribution >= 4 is 17.5 Å². The van der Waals surface area contributed by atoms with Gasteiger partial charge in [-0.2, -0.15) is 0 Å². The van der Waals surface area contributed by atoms with Crippen LogP contribution in [0.1, 0.15) is 28.4 Å². The number of fused-ring (bicyclic) bond motifs is 1. The fourth-order valence-electron chi connectivity index (χ4n) is 4.30. The summed E-state index contributed by atoms with van der Waals surface area (Å²) < 4.78 is 16.0. The lowest BCUT2D eigenvalue weighted by atomic mass is 9.82. The normalized spacial score (nSPS) is 17.1. The highest BCUT2D eigenvalue weighted by Gasteiger charge is 2.47. The van der Waals surface area contributed by atoms with Gasteiger partial charge >= 0.3 is 0 Å². The molecule has 7 nitrogen and oxygen atoms in total. The number of hydrogen-bond donors (Lipinski definition) is 1. The Morgan fingerprint density at radius 3 is 2.15 bits per heavy atom. The maximum absolute atomic E-state index is 13.7. The number of rotatable bonds is 7. The van der Waals surface area contributed by atoms with E-state index in [-0.39, 0.29) is 11.8 Å². The predicted octanol–water partition coefficient (Wildman–Crippen LogP) is 3.99. The second kappa shape index (κ2) is 9.47. The summed E-state index contributed by atoms with van der Waals surface area (Å²) >= 11 is 0. The van der Waals surface area contributed by atoms with Crippen LogP contribution in [0.15, 0.2) is 66.7 Å². The minimum Gasteiger partial charge on any atom is -0.497 e. The lowest BCUT2D eigenvalue weighted by molar-refractivity contribution is -0.126. The van der Waals surface area contributed by atoms with Crippen molar-refractivity contribution in [2.24, 2.45) is 0 Å². The van der Waals surface area contributed by atoms with E-state index in [0.29, 0.717) is 35.7 Å². The number of carbonyl (C=O) groups is 2. The first-order valence-corrected chi connectivity index (χ1v) is 11.0. The summed E-state index contributed by atoms with van der Waals surface area (Å²) in [7, 11) is 4.71. The lowest BCUT2D eigenvalue weighted by Gasteiger charge is -2.44. The van der Waals surface area contributed by atoms with Crippen molar-refractivity contribution in [2.75, 3.05) is 26.2 Å². The van der Waals surface area contributed by atoms with E-state index in [1.54, 1.807) is 57.4 Å². The molecule has 7 heteroatoms. The van der Waals surface area contributed by atoms with Crippen LogP contribution in [0.5, 0.6) is 17.2 Å². The van der Waals surface area contributed by atoms with Crippen LogP contribution in [-0.4, -0.2) is 38.7 Å². The molecule has 3 aromatic rings. The molecule has 0 fully saturated rings. The van der Waals surface area contributed by atoms with Crippen molar-refractivity contribution in [1.29, 1.82) is 0 Å². The molecular formula is C27H28N2O5. The molecule has 3 aromatic carbocycles. The van der Waals surface area contributed by atoms with E-state index in [2.05, 4.69) is 5.32 Å². The number of amides is 2. The van der Waals surface area contributed by atoms with Crippen LogP contribution in [0.3, 0.4) is 0 Å². The number of hydrogen-bond acceptors (Lipinski definition) is 5. The third-order valence-electron chi connectivity index (χ3n) is 6.17. The second-order valence-corrected chi connectivity index (χ2v) is 8.35. The number of ether oxygens (including phenoxy) is 3. The van der Waals surface area contributed by atoms with E-state index >= 15 is 0 Å². The molecule has 0 unspecified atom stereocenters. The quantitative estimate of drug-likeness (QED) is 0.577. The van der Waals surface area contributed by atoms with Gasteiger partial charge in [0.2, 0.25) is 5.91 Å². The third kappa shape index (κ3) is 4.29. The summed E-state index contributed by atoms with van der Waals surface area (Å²) in [5.74, 6) is 1.30. The Balaban J connectivity index is 1.72. The molecule has 1 heterocycles. The van der Waals surface area contributed by atoms with Gasteiger partial charge in [0, 0.05) is 36.7 Å². The minimum atomic E-state index is -1.17. The first-order chi connectivity index (χ1) is 16.4. The van der Waals surface area contributed by atoms with Gasteiger partial charge < -0.3 is 19.5 Å². The Bertz CT molecular complexity index is 1190. The van der Waals surface area contributed by atoms with Crippen LogP contribution < -0.4 is 24.4 Å². The molecule has 1 N–H and O–H groups in total. The number of carbonyl (C=O) groups excluding carboxylic acids is 2. The third-order valence-corrected chi connectivity index (χ3v) is 6.17. The van der Waals surface area contributed by atoms with Crippen molar-refractivity contribution in [3.05, 3.63) is 83.4 Å². The van der Waals surface area contributed by atoms with Crippen LogP contribution in [-0.2, 0) is 17.8 Å². The molecule has 1 aliphatic rings. The molecule has 34 heavy (non-hydrogen) atoms. The first-order valence-electron chi connectivity index (χ1n) is 11.0. The molecule has 4 rings (SSSR count). The molecule has 0 saturated heterocycles. The van der Waals surface area contributed by atoms with Gasteiger partial charge in [-0.1, -0.05) is 30.3 Å². The van der Waals surface area contributed by atoms with E-state index < -0.39 is 5.54 Å². The number of benzene rings is 3. The van der Waals surface area contributed by atoms with Crippen molar-refractivity contribution < 1.29 is 23.8 Å². The van der Waals surface area contributed by atoms with Crippen molar-refractivity contribution in [1.82, 2.24) is 5.32 Å². The molecule has 0 radical (unpaired) electrons. The second-order valence-electron chi connectivity index (χ2n) is 8.35. The molecule has 2 amide bonds. The minimum absolute atomic E-state index is 0.251. The zero-order chi connectivity index (χ0) is 24.3. The first kappa shape index (κ1) is 23.2. The summed E-state index contributed by atoms with van der Waals surface area (Å²) in [6.07, 6.45) is 0.364. The highest BCUT2D eigenvalue weighted by Crippen LogP contribution is 2.38. The Labute approximate surface area is 199 Å². The summed E-state index contributed by atoms with van der Waals surface area (Å²) in [6.45, 7) is 2.11. The van der Waals surface area contributed by atoms with Crippen LogP contribution >= 0.6 is 0 Å². The summed E-state index contributed by atoms with van der Waals surface area (Å²) in [4.78, 5) is 28.9. The van der Waals surface area contributed by atoms with E-state index in [1.807, 2.05) is 42.5 Å². The number of methoxy groups -OCH3 is 3. The lowest BCUT2D eigenvalue weighted by Crippen LogP contribution is -2.63. The summed E-state index contributed by atoms with van der Waals surface area (Å²) in [5.41, 5.74) is 1.69. The molecule has 0 saturated carbocycles. The van der Waals surface area contributed by atoms with Gasteiger partial charge in [0.25, 0.3) is 5.91 Å². The van der Waals surface area contributed by atoms with Crippen LogP contribution in [0.25, 0.3) is 0 Å². The van der Waals surface area contributed by atoms with E-state index in [0.717, 1.165) is 16.9 Å². The Morgan fingerprint density at radius 2 is 1.53 bits per heavy atom. The zero-order valence-corrected chi connectivity index (χ0v) is 19.8.